The van der Waals surface area contributed by atoms with Gasteiger partial charge in [-0.1, -0.05) is 72.8 Å². The summed E-state index contributed by atoms with van der Waals surface area (Å²) in [4.78, 5) is 15.5. The Hall–Kier alpha value is -3.09. The third-order valence-electron chi connectivity index (χ3n) is 9.17. The summed E-state index contributed by atoms with van der Waals surface area (Å²) in [7, 11) is 3.43. The van der Waals surface area contributed by atoms with Crippen LogP contribution in [0.3, 0.4) is 0 Å². The molecular formula is C35H38O5. The fourth-order valence-corrected chi connectivity index (χ4v) is 7.79. The van der Waals surface area contributed by atoms with E-state index in [0.29, 0.717) is 39.6 Å². The minimum absolute atomic E-state index is 0.168. The number of rotatable bonds is 12. The molecule has 208 valence electrons. The molecule has 0 saturated heterocycles. The summed E-state index contributed by atoms with van der Waals surface area (Å²) in [5.74, 6) is -0.735. The van der Waals surface area contributed by atoms with Crippen LogP contribution in [-0.2, 0) is 34.6 Å². The zero-order valence-corrected chi connectivity index (χ0v) is 23.9. The van der Waals surface area contributed by atoms with Gasteiger partial charge in [-0.25, -0.2) is 0 Å². The SMILES string of the molecule is CCOCC1(COC)c2cccc3cccc(c23)C1C(=O)C1c2cccc3cccc(c23)C1(COC)COCC. The summed E-state index contributed by atoms with van der Waals surface area (Å²) in [6.07, 6.45) is 0. The predicted octanol–water partition coefficient (Wildman–Crippen LogP) is 6.30. The molecule has 6 rings (SSSR count). The Labute approximate surface area is 236 Å². The van der Waals surface area contributed by atoms with Crippen molar-refractivity contribution in [3.63, 3.8) is 0 Å². The molecule has 0 saturated carbocycles. The van der Waals surface area contributed by atoms with Crippen molar-refractivity contribution in [2.45, 2.75) is 36.5 Å². The minimum atomic E-state index is -0.655. The van der Waals surface area contributed by atoms with Crippen molar-refractivity contribution in [2.75, 3.05) is 53.9 Å². The number of carbonyl (C=O) groups is 1. The Balaban J connectivity index is 1.61. The molecule has 40 heavy (non-hydrogen) atoms. The normalized spacial score (nSPS) is 24.8. The lowest BCUT2D eigenvalue weighted by Crippen LogP contribution is -2.49. The minimum Gasteiger partial charge on any atom is -0.384 e. The Kier molecular flexibility index (Phi) is 7.26. The summed E-state index contributed by atoms with van der Waals surface area (Å²) < 4.78 is 24.2. The van der Waals surface area contributed by atoms with Gasteiger partial charge in [-0.3, -0.25) is 4.79 Å². The van der Waals surface area contributed by atoms with Gasteiger partial charge in [0.25, 0.3) is 0 Å². The molecule has 4 aromatic rings. The summed E-state index contributed by atoms with van der Waals surface area (Å²) in [5, 5.41) is 4.57. The van der Waals surface area contributed by atoms with Crippen LogP contribution < -0.4 is 0 Å². The summed E-state index contributed by atoms with van der Waals surface area (Å²) in [6.45, 7) is 6.67. The molecule has 0 fully saturated rings. The number of hydrogen-bond donors (Lipinski definition) is 0. The highest BCUT2D eigenvalue weighted by Gasteiger charge is 2.59. The van der Waals surface area contributed by atoms with E-state index in [2.05, 4.69) is 72.8 Å². The molecule has 0 radical (unpaired) electrons. The van der Waals surface area contributed by atoms with Gasteiger partial charge in [0.05, 0.1) is 49.1 Å². The van der Waals surface area contributed by atoms with E-state index in [1.807, 2.05) is 13.8 Å². The van der Waals surface area contributed by atoms with Crippen molar-refractivity contribution in [3.8, 4) is 0 Å². The lowest BCUT2D eigenvalue weighted by atomic mass is 9.64. The van der Waals surface area contributed by atoms with Gasteiger partial charge >= 0.3 is 0 Å². The van der Waals surface area contributed by atoms with E-state index in [1.165, 1.54) is 0 Å². The van der Waals surface area contributed by atoms with Crippen LogP contribution in [0.1, 0.15) is 47.9 Å². The first kappa shape index (κ1) is 27.1. The first-order chi connectivity index (χ1) is 19.6. The Morgan fingerprint density at radius 3 is 1.40 bits per heavy atom. The van der Waals surface area contributed by atoms with Crippen molar-refractivity contribution < 1.29 is 23.7 Å². The zero-order chi connectivity index (χ0) is 27.9. The van der Waals surface area contributed by atoms with Crippen molar-refractivity contribution in [3.05, 3.63) is 95.1 Å². The zero-order valence-electron chi connectivity index (χ0n) is 23.9. The summed E-state index contributed by atoms with van der Waals surface area (Å²) >= 11 is 0. The van der Waals surface area contributed by atoms with Crippen LogP contribution >= 0.6 is 0 Å². The molecule has 2 aliphatic rings. The van der Waals surface area contributed by atoms with Gasteiger partial charge in [0.1, 0.15) is 5.78 Å². The van der Waals surface area contributed by atoms with Gasteiger partial charge in [-0.15, -0.1) is 0 Å². The monoisotopic (exact) mass is 538 g/mol. The Bertz CT molecular complexity index is 1430. The molecule has 4 atom stereocenters. The number of ketones is 1. The largest absolute Gasteiger partial charge is 0.384 e. The van der Waals surface area contributed by atoms with Crippen molar-refractivity contribution >= 4 is 27.3 Å². The maximum atomic E-state index is 15.5. The second-order valence-electron chi connectivity index (χ2n) is 11.2. The van der Waals surface area contributed by atoms with Crippen LogP contribution in [0, 0.1) is 0 Å². The highest BCUT2D eigenvalue weighted by Crippen LogP contribution is 2.58. The van der Waals surface area contributed by atoms with Gasteiger partial charge in [0.2, 0.25) is 0 Å². The average Bonchev–Trinajstić information content (AvgIpc) is 3.41. The second-order valence-corrected chi connectivity index (χ2v) is 11.2. The van der Waals surface area contributed by atoms with E-state index in [1.54, 1.807) is 14.2 Å². The van der Waals surface area contributed by atoms with Crippen LogP contribution in [0.4, 0.5) is 0 Å². The number of ether oxygens (including phenoxy) is 4. The van der Waals surface area contributed by atoms with Crippen LogP contribution in [0.15, 0.2) is 72.8 Å². The lowest BCUT2D eigenvalue weighted by molar-refractivity contribution is -0.128. The van der Waals surface area contributed by atoms with Crippen molar-refractivity contribution in [1.82, 2.24) is 0 Å². The second kappa shape index (κ2) is 10.7. The van der Waals surface area contributed by atoms with Crippen LogP contribution in [0.2, 0.25) is 0 Å². The maximum absolute atomic E-state index is 15.5. The van der Waals surface area contributed by atoms with Crippen molar-refractivity contribution in [2.24, 2.45) is 0 Å². The topological polar surface area (TPSA) is 54.0 Å². The molecule has 0 amide bonds. The molecule has 0 heterocycles. The molecule has 0 N–H and O–H groups in total. The third kappa shape index (κ3) is 3.79. The van der Waals surface area contributed by atoms with Crippen LogP contribution in [0.25, 0.3) is 21.5 Å². The van der Waals surface area contributed by atoms with Gasteiger partial charge < -0.3 is 18.9 Å². The number of carbonyl (C=O) groups excluding carboxylic acids is 1. The third-order valence-corrected chi connectivity index (χ3v) is 9.17. The van der Waals surface area contributed by atoms with Gasteiger partial charge in [-0.05, 0) is 57.6 Å². The molecule has 0 spiro atoms. The number of methoxy groups -OCH3 is 2. The number of hydrogen-bond acceptors (Lipinski definition) is 5. The van der Waals surface area contributed by atoms with E-state index in [9.17, 15) is 0 Å². The molecule has 0 aliphatic heterocycles. The van der Waals surface area contributed by atoms with Gasteiger partial charge in [0.15, 0.2) is 0 Å². The molecule has 4 aromatic carbocycles. The molecule has 0 bridgehead atoms. The number of benzene rings is 4. The average molecular weight is 539 g/mol. The fourth-order valence-electron chi connectivity index (χ4n) is 7.79. The predicted molar refractivity (Wildman–Crippen MR) is 158 cm³/mol. The smallest absolute Gasteiger partial charge is 0.149 e. The highest BCUT2D eigenvalue weighted by molar-refractivity contribution is 6.08. The molecule has 0 aromatic heterocycles. The first-order valence-electron chi connectivity index (χ1n) is 14.3. The Morgan fingerprint density at radius 2 is 1.02 bits per heavy atom. The summed E-state index contributed by atoms with van der Waals surface area (Å²) in [5.41, 5.74) is 3.06. The standard InChI is InChI=1S/C35H38O5/c1-5-39-21-34(19-37-3)27-17-9-13-23-11-7-15-25(29(23)27)31(34)33(36)32-26-16-8-12-24-14-10-18-28(30(24)26)35(32,20-38-4)22-40-6-2/h7-18,31-32H,5-6,19-22H2,1-4H3. The molecule has 5 nitrogen and oxygen atoms in total. The van der Waals surface area contributed by atoms with Crippen LogP contribution in [0.5, 0.6) is 0 Å². The van der Waals surface area contributed by atoms with Gasteiger partial charge in [0, 0.05) is 27.4 Å². The van der Waals surface area contributed by atoms with Crippen LogP contribution in [-0.4, -0.2) is 59.6 Å². The van der Waals surface area contributed by atoms with E-state index >= 15 is 4.79 Å². The molecule has 2 aliphatic carbocycles. The molecule has 5 heteroatoms. The Morgan fingerprint density at radius 1 is 0.625 bits per heavy atom. The quantitative estimate of drug-likeness (QED) is 0.212. The molecular weight excluding hydrogens is 500 g/mol. The van der Waals surface area contributed by atoms with Gasteiger partial charge in [-0.2, -0.15) is 0 Å². The fraction of sp³-hybridized carbons (Fsp3) is 0.400. The number of Topliss-reactive ketones (excluding diaryl/α,β-unsaturated/α-hetero) is 1. The van der Waals surface area contributed by atoms with E-state index in [4.69, 9.17) is 18.9 Å². The summed E-state index contributed by atoms with van der Waals surface area (Å²) in [6, 6.07) is 25.4. The van der Waals surface area contributed by atoms with Crippen molar-refractivity contribution in [1.29, 1.82) is 0 Å². The first-order valence-corrected chi connectivity index (χ1v) is 14.3. The molecule has 4 unspecified atom stereocenters. The lowest BCUT2D eigenvalue weighted by Gasteiger charge is -2.41. The maximum Gasteiger partial charge on any atom is 0.149 e. The van der Waals surface area contributed by atoms with E-state index in [0.717, 1.165) is 43.8 Å². The van der Waals surface area contributed by atoms with E-state index < -0.39 is 22.7 Å². The highest BCUT2D eigenvalue weighted by atomic mass is 16.5. The van der Waals surface area contributed by atoms with E-state index in [-0.39, 0.29) is 5.78 Å².